The first-order valence-electron chi connectivity index (χ1n) is 8.32. The highest BCUT2D eigenvalue weighted by molar-refractivity contribution is 5.69. The quantitative estimate of drug-likeness (QED) is 0.785. The molecule has 1 aromatic rings. The molecule has 4 nitrogen and oxygen atoms in total. The predicted molar refractivity (Wildman–Crippen MR) is 86.5 cm³/mol. The molecule has 0 spiro atoms. The summed E-state index contributed by atoms with van der Waals surface area (Å²) in [5.41, 5.74) is -0.0818. The fraction of sp³-hybridized carbons (Fsp3) is 0.667. The Morgan fingerprint density at radius 1 is 1.36 bits per heavy atom. The van der Waals surface area contributed by atoms with E-state index >= 15 is 0 Å². The zero-order valence-electron chi connectivity index (χ0n) is 13.8. The molecule has 2 rings (SSSR count). The second-order valence-electron chi connectivity index (χ2n) is 6.84. The summed E-state index contributed by atoms with van der Waals surface area (Å²) >= 11 is 0. The lowest BCUT2D eigenvalue weighted by Gasteiger charge is -2.36. The van der Waals surface area contributed by atoms with Crippen molar-refractivity contribution in [3.8, 4) is 0 Å². The van der Waals surface area contributed by atoms with Gasteiger partial charge in [-0.1, -0.05) is 33.3 Å². The first-order chi connectivity index (χ1) is 10.5. The molecule has 1 heterocycles. The lowest BCUT2D eigenvalue weighted by atomic mass is 9.75. The molecule has 0 aliphatic heterocycles. The van der Waals surface area contributed by atoms with Gasteiger partial charge in [0.1, 0.15) is 6.10 Å². The van der Waals surface area contributed by atoms with Crippen molar-refractivity contribution in [2.24, 2.45) is 17.8 Å². The third-order valence-electron chi connectivity index (χ3n) is 4.70. The van der Waals surface area contributed by atoms with Gasteiger partial charge in [-0.15, -0.1) is 0 Å². The Balaban J connectivity index is 1.90. The minimum absolute atomic E-state index is 0.0312. The van der Waals surface area contributed by atoms with Gasteiger partial charge < -0.3 is 9.30 Å². The second kappa shape index (κ2) is 7.61. The van der Waals surface area contributed by atoms with Crippen molar-refractivity contribution < 1.29 is 9.53 Å². The van der Waals surface area contributed by atoms with Crippen molar-refractivity contribution in [2.75, 3.05) is 0 Å². The maximum Gasteiger partial charge on any atom is 0.307 e. The van der Waals surface area contributed by atoms with Crippen LogP contribution in [0.2, 0.25) is 0 Å². The third-order valence-corrected chi connectivity index (χ3v) is 4.70. The molecule has 3 atom stereocenters. The van der Waals surface area contributed by atoms with Crippen LogP contribution in [0, 0.1) is 17.8 Å². The molecule has 1 aromatic heterocycles. The van der Waals surface area contributed by atoms with Gasteiger partial charge in [0.05, 0.1) is 6.42 Å². The molecule has 0 radical (unpaired) electrons. The van der Waals surface area contributed by atoms with Gasteiger partial charge in [-0.05, 0) is 36.7 Å². The lowest BCUT2D eigenvalue weighted by Crippen LogP contribution is -2.36. The van der Waals surface area contributed by atoms with Crippen molar-refractivity contribution >= 4 is 5.97 Å². The highest BCUT2D eigenvalue weighted by atomic mass is 16.5. The highest BCUT2D eigenvalue weighted by Crippen LogP contribution is 2.35. The van der Waals surface area contributed by atoms with Gasteiger partial charge in [0.2, 0.25) is 0 Å². The normalized spacial score (nSPS) is 25.2. The van der Waals surface area contributed by atoms with Crippen LogP contribution in [-0.2, 0) is 16.1 Å². The van der Waals surface area contributed by atoms with Crippen LogP contribution in [0.1, 0.15) is 46.5 Å². The van der Waals surface area contributed by atoms with Crippen molar-refractivity contribution in [3.63, 3.8) is 0 Å². The van der Waals surface area contributed by atoms with Gasteiger partial charge in [-0.25, -0.2) is 0 Å². The van der Waals surface area contributed by atoms with Crippen LogP contribution in [0.4, 0.5) is 0 Å². The molecule has 22 heavy (non-hydrogen) atoms. The molecule has 1 fully saturated rings. The molecular weight excluding hydrogens is 278 g/mol. The summed E-state index contributed by atoms with van der Waals surface area (Å²) in [4.78, 5) is 23.8. The van der Waals surface area contributed by atoms with Crippen LogP contribution < -0.4 is 5.56 Å². The second-order valence-corrected chi connectivity index (χ2v) is 6.84. The fourth-order valence-electron chi connectivity index (χ4n) is 3.34. The minimum Gasteiger partial charge on any atom is -0.462 e. The Bertz CT molecular complexity index is 549. The van der Waals surface area contributed by atoms with Crippen LogP contribution in [0.5, 0.6) is 0 Å². The maximum absolute atomic E-state index is 12.1. The molecule has 4 heteroatoms. The van der Waals surface area contributed by atoms with Crippen molar-refractivity contribution in [1.29, 1.82) is 0 Å². The summed E-state index contributed by atoms with van der Waals surface area (Å²) < 4.78 is 7.29. The number of nitrogens with zero attached hydrogens (tertiary/aromatic N) is 1. The van der Waals surface area contributed by atoms with Gasteiger partial charge in [0, 0.05) is 18.8 Å². The number of carbonyl (C=O) groups is 1. The Morgan fingerprint density at radius 2 is 2.14 bits per heavy atom. The smallest absolute Gasteiger partial charge is 0.307 e. The van der Waals surface area contributed by atoms with Gasteiger partial charge in [-0.3, -0.25) is 9.59 Å². The summed E-state index contributed by atoms with van der Waals surface area (Å²) in [5, 5.41) is 0. The molecule has 1 aliphatic rings. The molecule has 3 unspecified atom stereocenters. The number of pyridine rings is 1. The van der Waals surface area contributed by atoms with Gasteiger partial charge in [0.15, 0.2) is 0 Å². The van der Waals surface area contributed by atoms with Crippen LogP contribution >= 0.6 is 0 Å². The SMILES string of the molecule is CC1CCC(C(C)C)C(OC(=O)CCn2ccccc2=O)C1. The summed E-state index contributed by atoms with van der Waals surface area (Å²) in [5.74, 6) is 1.41. The molecular formula is C18H27NO3. The number of ether oxygens (including phenoxy) is 1. The third kappa shape index (κ3) is 4.46. The standard InChI is InChI=1S/C18H27NO3/c1-13(2)15-8-7-14(3)12-16(15)22-18(21)9-11-19-10-5-4-6-17(19)20/h4-6,10,13-16H,7-9,11-12H2,1-3H3. The summed E-state index contributed by atoms with van der Waals surface area (Å²) in [7, 11) is 0. The van der Waals surface area contributed by atoms with E-state index in [0.29, 0.717) is 24.3 Å². The molecule has 122 valence electrons. The van der Waals surface area contributed by atoms with E-state index in [-0.39, 0.29) is 24.1 Å². The van der Waals surface area contributed by atoms with E-state index in [1.807, 2.05) is 0 Å². The monoisotopic (exact) mass is 305 g/mol. The Labute approximate surface area is 132 Å². The van der Waals surface area contributed by atoms with E-state index in [1.165, 1.54) is 12.5 Å². The number of aromatic nitrogens is 1. The van der Waals surface area contributed by atoms with Crippen molar-refractivity contribution in [1.82, 2.24) is 4.57 Å². The van der Waals surface area contributed by atoms with Crippen LogP contribution in [-0.4, -0.2) is 16.6 Å². The molecule has 0 amide bonds. The van der Waals surface area contributed by atoms with Crippen LogP contribution in [0.3, 0.4) is 0 Å². The first-order valence-corrected chi connectivity index (χ1v) is 8.32. The molecule has 1 saturated carbocycles. The number of hydrogen-bond acceptors (Lipinski definition) is 3. The van der Waals surface area contributed by atoms with Gasteiger partial charge >= 0.3 is 5.97 Å². The van der Waals surface area contributed by atoms with E-state index in [4.69, 9.17) is 4.74 Å². The number of hydrogen-bond donors (Lipinski definition) is 0. The van der Waals surface area contributed by atoms with Crippen molar-refractivity contribution in [2.45, 2.75) is 59.1 Å². The number of esters is 1. The van der Waals surface area contributed by atoms with E-state index in [1.54, 1.807) is 22.9 Å². The summed E-state index contributed by atoms with van der Waals surface area (Å²) in [6.45, 7) is 7.00. The van der Waals surface area contributed by atoms with E-state index in [2.05, 4.69) is 20.8 Å². The summed E-state index contributed by atoms with van der Waals surface area (Å²) in [6.07, 6.45) is 5.30. The average Bonchev–Trinajstić information content (AvgIpc) is 2.46. The highest BCUT2D eigenvalue weighted by Gasteiger charge is 2.33. The molecule has 0 N–H and O–H groups in total. The van der Waals surface area contributed by atoms with Crippen LogP contribution in [0.15, 0.2) is 29.2 Å². The largest absolute Gasteiger partial charge is 0.462 e. The zero-order chi connectivity index (χ0) is 16.1. The van der Waals surface area contributed by atoms with Crippen molar-refractivity contribution in [3.05, 3.63) is 34.7 Å². The fourth-order valence-corrected chi connectivity index (χ4v) is 3.34. The molecule has 0 aromatic carbocycles. The lowest BCUT2D eigenvalue weighted by molar-refractivity contribution is -0.156. The number of aryl methyl sites for hydroxylation is 1. The Hall–Kier alpha value is -1.58. The Morgan fingerprint density at radius 3 is 2.82 bits per heavy atom. The van der Waals surface area contributed by atoms with Crippen LogP contribution in [0.25, 0.3) is 0 Å². The zero-order valence-corrected chi connectivity index (χ0v) is 13.8. The average molecular weight is 305 g/mol. The van der Waals surface area contributed by atoms with E-state index in [9.17, 15) is 9.59 Å². The van der Waals surface area contributed by atoms with Gasteiger partial charge in [0.25, 0.3) is 5.56 Å². The molecule has 1 aliphatic carbocycles. The summed E-state index contributed by atoms with van der Waals surface area (Å²) in [6, 6.07) is 5.00. The first kappa shape index (κ1) is 16.8. The maximum atomic E-state index is 12.1. The number of rotatable bonds is 5. The number of carbonyl (C=O) groups excluding carboxylic acids is 1. The molecule has 0 bridgehead atoms. The minimum atomic E-state index is -0.194. The van der Waals surface area contributed by atoms with Gasteiger partial charge in [-0.2, -0.15) is 0 Å². The van der Waals surface area contributed by atoms with E-state index < -0.39 is 0 Å². The predicted octanol–water partition coefficient (Wildman–Crippen LogP) is 3.24. The Kier molecular flexibility index (Phi) is 5.81. The molecule has 0 saturated heterocycles. The topological polar surface area (TPSA) is 48.3 Å². The van der Waals surface area contributed by atoms with E-state index in [0.717, 1.165) is 12.8 Å².